The van der Waals surface area contributed by atoms with E-state index >= 15 is 0 Å². The summed E-state index contributed by atoms with van der Waals surface area (Å²) in [4.78, 5) is 10.9. The minimum atomic E-state index is -0.0651. The first kappa shape index (κ1) is 27.6. The first-order valence-electron chi connectivity index (χ1n) is 10.8. The number of hydrogen-bond acceptors (Lipinski definition) is 4. The molecule has 0 aromatic heterocycles. The van der Waals surface area contributed by atoms with Crippen LogP contribution in [0.2, 0.25) is 0 Å². The van der Waals surface area contributed by atoms with Gasteiger partial charge in [0.15, 0.2) is 0 Å². The Labute approximate surface area is 163 Å². The maximum atomic E-state index is 10.9. The third kappa shape index (κ3) is 28.2. The van der Waals surface area contributed by atoms with Gasteiger partial charge in [0.1, 0.15) is 6.79 Å². The van der Waals surface area contributed by atoms with E-state index in [9.17, 15) is 4.79 Å². The molecular weight excluding hydrogens is 328 g/mol. The lowest BCUT2D eigenvalue weighted by atomic mass is 10.0. The highest BCUT2D eigenvalue weighted by Crippen LogP contribution is 2.13. The highest BCUT2D eigenvalue weighted by molar-refractivity contribution is 5.68. The lowest BCUT2D eigenvalue weighted by molar-refractivity contribution is -0.140. The second kappa shape index (κ2) is 26.6. The molecule has 0 saturated heterocycles. The number of esters is 1. The Hall–Kier alpha value is -0.610. The average molecular weight is 375 g/mol. The van der Waals surface area contributed by atoms with Crippen LogP contribution in [0.3, 0.4) is 0 Å². The number of methoxy groups -OCH3 is 3. The standard InChI is InChI=1S/C19H38O2.C3H8O2/c1-3-4-5-6-7-8-9-10-11-12-13-14-15-16-17-18-19(20)21-2;1-4-3-5-2/h3-18H2,1-2H3;3H2,1-2H3. The van der Waals surface area contributed by atoms with Crippen LogP contribution in [-0.4, -0.2) is 34.1 Å². The highest BCUT2D eigenvalue weighted by Gasteiger charge is 1.99. The molecule has 0 fully saturated rings. The van der Waals surface area contributed by atoms with Crippen molar-refractivity contribution >= 4 is 5.97 Å². The van der Waals surface area contributed by atoms with Crippen LogP contribution in [0.1, 0.15) is 110 Å². The molecule has 26 heavy (non-hydrogen) atoms. The van der Waals surface area contributed by atoms with Crippen LogP contribution >= 0.6 is 0 Å². The van der Waals surface area contributed by atoms with E-state index in [1.54, 1.807) is 14.2 Å². The van der Waals surface area contributed by atoms with Crippen molar-refractivity contribution in [2.75, 3.05) is 28.1 Å². The molecule has 0 radical (unpaired) electrons. The van der Waals surface area contributed by atoms with Crippen molar-refractivity contribution in [1.82, 2.24) is 0 Å². The van der Waals surface area contributed by atoms with E-state index in [1.165, 1.54) is 97.0 Å². The van der Waals surface area contributed by atoms with Gasteiger partial charge >= 0.3 is 5.97 Å². The average Bonchev–Trinajstić information content (AvgIpc) is 2.65. The Balaban J connectivity index is 0. The first-order chi connectivity index (χ1) is 12.7. The highest BCUT2D eigenvalue weighted by atomic mass is 16.6. The maximum absolute atomic E-state index is 10.9. The van der Waals surface area contributed by atoms with Crippen molar-refractivity contribution in [3.05, 3.63) is 0 Å². The summed E-state index contributed by atoms with van der Waals surface area (Å²) < 4.78 is 13.6. The van der Waals surface area contributed by atoms with Gasteiger partial charge in [0, 0.05) is 20.6 Å². The minimum Gasteiger partial charge on any atom is -0.469 e. The Kier molecular flexibility index (Phi) is 28.3. The van der Waals surface area contributed by atoms with E-state index in [1.807, 2.05) is 0 Å². The van der Waals surface area contributed by atoms with Gasteiger partial charge in [-0.05, 0) is 6.42 Å². The largest absolute Gasteiger partial charge is 0.469 e. The van der Waals surface area contributed by atoms with E-state index in [0.29, 0.717) is 13.2 Å². The molecule has 0 atom stereocenters. The second-order valence-electron chi connectivity index (χ2n) is 6.97. The Morgan fingerprint density at radius 2 is 0.923 bits per heavy atom. The molecule has 0 bridgehead atoms. The molecule has 0 heterocycles. The van der Waals surface area contributed by atoms with E-state index in [4.69, 9.17) is 0 Å². The van der Waals surface area contributed by atoms with E-state index in [2.05, 4.69) is 21.1 Å². The SMILES string of the molecule is CCCCCCCCCCCCCCCCCC(=O)OC.COCOC. The van der Waals surface area contributed by atoms with E-state index < -0.39 is 0 Å². The van der Waals surface area contributed by atoms with Crippen LogP contribution in [0, 0.1) is 0 Å². The van der Waals surface area contributed by atoms with Crippen LogP contribution in [0.4, 0.5) is 0 Å². The number of carbonyl (C=O) groups excluding carboxylic acids is 1. The molecule has 0 unspecified atom stereocenters. The topological polar surface area (TPSA) is 44.8 Å². The summed E-state index contributed by atoms with van der Waals surface area (Å²) in [6.07, 6.45) is 20.9. The number of rotatable bonds is 18. The molecule has 0 aliphatic rings. The van der Waals surface area contributed by atoms with Gasteiger partial charge in [0.2, 0.25) is 0 Å². The molecule has 0 aromatic carbocycles. The lowest BCUT2D eigenvalue weighted by Gasteiger charge is -2.03. The smallest absolute Gasteiger partial charge is 0.305 e. The summed E-state index contributed by atoms with van der Waals surface area (Å²) in [7, 11) is 4.64. The molecule has 0 rings (SSSR count). The summed E-state index contributed by atoms with van der Waals surface area (Å²) in [6, 6.07) is 0. The van der Waals surface area contributed by atoms with E-state index in [0.717, 1.165) is 6.42 Å². The van der Waals surface area contributed by atoms with Gasteiger partial charge < -0.3 is 14.2 Å². The van der Waals surface area contributed by atoms with Crippen molar-refractivity contribution in [2.24, 2.45) is 0 Å². The van der Waals surface area contributed by atoms with Crippen LogP contribution in [0.5, 0.6) is 0 Å². The van der Waals surface area contributed by atoms with Gasteiger partial charge in [-0.25, -0.2) is 0 Å². The summed E-state index contributed by atoms with van der Waals surface area (Å²) in [6.45, 7) is 2.67. The zero-order chi connectivity index (χ0) is 19.7. The maximum Gasteiger partial charge on any atom is 0.305 e. The Bertz CT molecular complexity index is 255. The fraction of sp³-hybridized carbons (Fsp3) is 0.955. The number of hydrogen-bond donors (Lipinski definition) is 0. The third-order valence-corrected chi connectivity index (χ3v) is 4.45. The zero-order valence-electron chi connectivity index (χ0n) is 18.2. The lowest BCUT2D eigenvalue weighted by Crippen LogP contribution is -1.99. The van der Waals surface area contributed by atoms with Crippen molar-refractivity contribution in [3.63, 3.8) is 0 Å². The molecule has 0 N–H and O–H groups in total. The molecule has 0 aliphatic carbocycles. The van der Waals surface area contributed by atoms with Crippen molar-refractivity contribution in [3.8, 4) is 0 Å². The molecule has 4 nitrogen and oxygen atoms in total. The van der Waals surface area contributed by atoms with Crippen molar-refractivity contribution in [1.29, 1.82) is 0 Å². The molecule has 158 valence electrons. The second-order valence-corrected chi connectivity index (χ2v) is 6.97. The molecule has 0 spiro atoms. The summed E-state index contributed by atoms with van der Waals surface area (Å²) in [5.74, 6) is -0.0651. The Morgan fingerprint density at radius 3 is 1.19 bits per heavy atom. The fourth-order valence-electron chi connectivity index (χ4n) is 2.86. The first-order valence-corrected chi connectivity index (χ1v) is 10.8. The fourth-order valence-corrected chi connectivity index (χ4v) is 2.86. The third-order valence-electron chi connectivity index (χ3n) is 4.45. The summed E-state index contributed by atoms with van der Waals surface area (Å²) >= 11 is 0. The predicted molar refractivity (Wildman–Crippen MR) is 110 cm³/mol. The predicted octanol–water partition coefficient (Wildman–Crippen LogP) is 6.66. The van der Waals surface area contributed by atoms with E-state index in [-0.39, 0.29) is 5.97 Å². The van der Waals surface area contributed by atoms with Gasteiger partial charge in [-0.15, -0.1) is 0 Å². The van der Waals surface area contributed by atoms with Gasteiger partial charge in [-0.3, -0.25) is 4.79 Å². The Morgan fingerprint density at radius 1 is 0.577 bits per heavy atom. The molecule has 0 aromatic rings. The zero-order valence-corrected chi connectivity index (χ0v) is 18.2. The number of carbonyl (C=O) groups is 1. The summed E-state index contributed by atoms with van der Waals surface area (Å²) in [5.41, 5.74) is 0. The van der Waals surface area contributed by atoms with Gasteiger partial charge in [0.05, 0.1) is 7.11 Å². The van der Waals surface area contributed by atoms with Crippen LogP contribution in [0.15, 0.2) is 0 Å². The molecule has 0 amide bonds. The van der Waals surface area contributed by atoms with Crippen molar-refractivity contribution in [2.45, 2.75) is 110 Å². The number of unbranched alkanes of at least 4 members (excludes halogenated alkanes) is 14. The molecule has 4 heteroatoms. The molecule has 0 saturated carbocycles. The van der Waals surface area contributed by atoms with Gasteiger partial charge in [-0.2, -0.15) is 0 Å². The minimum absolute atomic E-state index is 0.0651. The number of ether oxygens (including phenoxy) is 3. The monoisotopic (exact) mass is 374 g/mol. The quantitative estimate of drug-likeness (QED) is 0.153. The van der Waals surface area contributed by atoms with Crippen LogP contribution < -0.4 is 0 Å². The molecule has 0 aliphatic heterocycles. The van der Waals surface area contributed by atoms with Crippen molar-refractivity contribution < 1.29 is 19.0 Å². The van der Waals surface area contributed by atoms with Crippen LogP contribution in [-0.2, 0) is 19.0 Å². The summed E-state index contributed by atoms with van der Waals surface area (Å²) in [5, 5.41) is 0. The van der Waals surface area contributed by atoms with Crippen LogP contribution in [0.25, 0.3) is 0 Å². The normalized spacial score (nSPS) is 10.3. The van der Waals surface area contributed by atoms with Gasteiger partial charge in [-0.1, -0.05) is 96.8 Å². The van der Waals surface area contributed by atoms with Gasteiger partial charge in [0.25, 0.3) is 0 Å². The molecular formula is C22H46O4.